The Kier molecular flexibility index (Phi) is 5.83. The summed E-state index contributed by atoms with van der Waals surface area (Å²) in [6, 6.07) is 6.91. The van der Waals surface area contributed by atoms with Gasteiger partial charge in [0.2, 0.25) is 0 Å². The van der Waals surface area contributed by atoms with Crippen molar-refractivity contribution in [1.29, 1.82) is 0 Å². The van der Waals surface area contributed by atoms with Crippen LogP contribution in [0.2, 0.25) is 0 Å². The van der Waals surface area contributed by atoms with Crippen molar-refractivity contribution < 1.29 is 4.74 Å². The van der Waals surface area contributed by atoms with Gasteiger partial charge in [0.25, 0.3) is 0 Å². The van der Waals surface area contributed by atoms with Crippen molar-refractivity contribution in [2.45, 2.75) is 39.9 Å². The summed E-state index contributed by atoms with van der Waals surface area (Å²) in [5.41, 5.74) is 4.40. The summed E-state index contributed by atoms with van der Waals surface area (Å²) in [4.78, 5) is 2.51. The van der Waals surface area contributed by atoms with Crippen LogP contribution < -0.4 is 5.32 Å². The Morgan fingerprint density at radius 2 is 2.05 bits per heavy atom. The molecule has 1 aliphatic rings. The SMILES string of the molecule is CCNCc1ccc2c(c1)CN(CCCOCC)C2. The van der Waals surface area contributed by atoms with Gasteiger partial charge in [0.05, 0.1) is 0 Å². The molecule has 0 unspecified atom stereocenters. The van der Waals surface area contributed by atoms with E-state index in [0.717, 1.165) is 52.4 Å². The van der Waals surface area contributed by atoms with Gasteiger partial charge in [-0.2, -0.15) is 0 Å². The topological polar surface area (TPSA) is 24.5 Å². The van der Waals surface area contributed by atoms with Gasteiger partial charge in [-0.3, -0.25) is 4.90 Å². The minimum Gasteiger partial charge on any atom is -0.382 e. The molecule has 0 radical (unpaired) electrons. The average Bonchev–Trinajstić information content (AvgIpc) is 2.83. The third-order valence-corrected chi connectivity index (χ3v) is 3.60. The van der Waals surface area contributed by atoms with Crippen LogP contribution in [-0.4, -0.2) is 31.2 Å². The van der Waals surface area contributed by atoms with E-state index in [1.165, 1.54) is 16.7 Å². The summed E-state index contributed by atoms with van der Waals surface area (Å²) >= 11 is 0. The molecule has 106 valence electrons. The van der Waals surface area contributed by atoms with E-state index in [2.05, 4.69) is 42.3 Å². The van der Waals surface area contributed by atoms with Gasteiger partial charge in [-0.1, -0.05) is 25.1 Å². The molecule has 19 heavy (non-hydrogen) atoms. The van der Waals surface area contributed by atoms with Gasteiger partial charge in [0.1, 0.15) is 0 Å². The van der Waals surface area contributed by atoms with Crippen molar-refractivity contribution in [3.05, 3.63) is 34.9 Å². The van der Waals surface area contributed by atoms with Crippen LogP contribution in [0, 0.1) is 0 Å². The number of rotatable bonds is 8. The van der Waals surface area contributed by atoms with Crippen molar-refractivity contribution in [2.24, 2.45) is 0 Å². The summed E-state index contributed by atoms with van der Waals surface area (Å²) in [5, 5.41) is 3.39. The third kappa shape index (κ3) is 4.30. The second kappa shape index (κ2) is 7.63. The summed E-state index contributed by atoms with van der Waals surface area (Å²) < 4.78 is 5.40. The zero-order valence-corrected chi connectivity index (χ0v) is 12.2. The zero-order chi connectivity index (χ0) is 13.5. The molecule has 1 aliphatic heterocycles. The standard InChI is InChI=1S/C16H26N2O/c1-3-17-11-14-6-7-15-12-18(13-16(15)10-14)8-5-9-19-4-2/h6-7,10,17H,3-5,8-9,11-13H2,1-2H3. The van der Waals surface area contributed by atoms with Crippen LogP contribution in [0.1, 0.15) is 37.0 Å². The van der Waals surface area contributed by atoms with Gasteiger partial charge < -0.3 is 10.1 Å². The van der Waals surface area contributed by atoms with E-state index in [0.29, 0.717) is 0 Å². The number of hydrogen-bond acceptors (Lipinski definition) is 3. The third-order valence-electron chi connectivity index (χ3n) is 3.60. The Bertz CT molecular complexity index is 392. The molecule has 0 spiro atoms. The van der Waals surface area contributed by atoms with Crippen LogP contribution in [-0.2, 0) is 24.4 Å². The summed E-state index contributed by atoms with van der Waals surface area (Å²) in [6.07, 6.45) is 1.13. The fourth-order valence-electron chi connectivity index (χ4n) is 2.59. The molecule has 0 saturated heterocycles. The first kappa shape index (κ1) is 14.5. The lowest BCUT2D eigenvalue weighted by Gasteiger charge is -2.14. The molecule has 3 heteroatoms. The van der Waals surface area contributed by atoms with Gasteiger partial charge in [-0.25, -0.2) is 0 Å². The lowest BCUT2D eigenvalue weighted by Crippen LogP contribution is -2.19. The minimum atomic E-state index is 0.827. The minimum absolute atomic E-state index is 0.827. The van der Waals surface area contributed by atoms with Crippen LogP contribution in [0.4, 0.5) is 0 Å². The van der Waals surface area contributed by atoms with E-state index in [9.17, 15) is 0 Å². The van der Waals surface area contributed by atoms with Gasteiger partial charge in [0, 0.05) is 39.4 Å². The van der Waals surface area contributed by atoms with Gasteiger partial charge >= 0.3 is 0 Å². The molecular weight excluding hydrogens is 236 g/mol. The quantitative estimate of drug-likeness (QED) is 0.729. The number of nitrogens with zero attached hydrogens (tertiary/aromatic N) is 1. The highest BCUT2D eigenvalue weighted by Crippen LogP contribution is 2.23. The maximum atomic E-state index is 5.40. The fraction of sp³-hybridized carbons (Fsp3) is 0.625. The Morgan fingerprint density at radius 1 is 1.21 bits per heavy atom. The van der Waals surface area contributed by atoms with Crippen LogP contribution in [0.25, 0.3) is 0 Å². The molecule has 0 aromatic heterocycles. The smallest absolute Gasteiger partial charge is 0.0478 e. The molecule has 0 aliphatic carbocycles. The molecule has 3 nitrogen and oxygen atoms in total. The van der Waals surface area contributed by atoms with E-state index in [1.54, 1.807) is 0 Å². The second-order valence-corrected chi connectivity index (χ2v) is 5.14. The van der Waals surface area contributed by atoms with Crippen LogP contribution in [0.15, 0.2) is 18.2 Å². The Labute approximate surface area is 116 Å². The first-order valence-electron chi connectivity index (χ1n) is 7.45. The largest absolute Gasteiger partial charge is 0.382 e. The lowest BCUT2D eigenvalue weighted by atomic mass is 10.1. The first-order valence-corrected chi connectivity index (χ1v) is 7.45. The molecule has 0 saturated carbocycles. The molecule has 1 N–H and O–H groups in total. The first-order chi connectivity index (χ1) is 9.33. The number of hydrogen-bond donors (Lipinski definition) is 1. The second-order valence-electron chi connectivity index (χ2n) is 5.14. The predicted octanol–water partition coefficient (Wildman–Crippen LogP) is 2.54. The summed E-state index contributed by atoms with van der Waals surface area (Å²) in [6.45, 7) is 11.3. The van der Waals surface area contributed by atoms with Crippen molar-refractivity contribution >= 4 is 0 Å². The maximum Gasteiger partial charge on any atom is 0.0478 e. The molecular formula is C16H26N2O. The van der Waals surface area contributed by atoms with Gasteiger partial charge in [-0.15, -0.1) is 0 Å². The van der Waals surface area contributed by atoms with Crippen LogP contribution >= 0.6 is 0 Å². The predicted molar refractivity (Wildman–Crippen MR) is 79.0 cm³/mol. The van der Waals surface area contributed by atoms with E-state index in [1.807, 2.05) is 0 Å². The van der Waals surface area contributed by atoms with E-state index < -0.39 is 0 Å². The zero-order valence-electron chi connectivity index (χ0n) is 12.2. The lowest BCUT2D eigenvalue weighted by molar-refractivity contribution is 0.131. The highest BCUT2D eigenvalue weighted by Gasteiger charge is 2.18. The highest BCUT2D eigenvalue weighted by atomic mass is 16.5. The van der Waals surface area contributed by atoms with E-state index in [4.69, 9.17) is 4.74 Å². The molecule has 0 atom stereocenters. The highest BCUT2D eigenvalue weighted by molar-refractivity contribution is 5.34. The van der Waals surface area contributed by atoms with Crippen LogP contribution in [0.5, 0.6) is 0 Å². The molecule has 1 aromatic carbocycles. The maximum absolute atomic E-state index is 5.40. The summed E-state index contributed by atoms with van der Waals surface area (Å²) in [7, 11) is 0. The molecule has 2 rings (SSSR count). The Hall–Kier alpha value is -0.900. The van der Waals surface area contributed by atoms with Crippen molar-refractivity contribution in [3.63, 3.8) is 0 Å². The number of fused-ring (bicyclic) bond motifs is 1. The fourth-order valence-corrected chi connectivity index (χ4v) is 2.59. The molecule has 1 aromatic rings. The van der Waals surface area contributed by atoms with Crippen molar-refractivity contribution in [1.82, 2.24) is 10.2 Å². The average molecular weight is 262 g/mol. The molecule has 0 amide bonds. The molecule has 1 heterocycles. The number of ether oxygens (including phenoxy) is 1. The number of benzene rings is 1. The van der Waals surface area contributed by atoms with Gasteiger partial charge in [-0.05, 0) is 36.6 Å². The normalized spacial score (nSPS) is 14.8. The van der Waals surface area contributed by atoms with E-state index in [-0.39, 0.29) is 0 Å². The van der Waals surface area contributed by atoms with E-state index >= 15 is 0 Å². The Balaban J connectivity index is 1.82. The van der Waals surface area contributed by atoms with Gasteiger partial charge in [0.15, 0.2) is 0 Å². The summed E-state index contributed by atoms with van der Waals surface area (Å²) in [5.74, 6) is 0. The Morgan fingerprint density at radius 3 is 2.84 bits per heavy atom. The van der Waals surface area contributed by atoms with Crippen molar-refractivity contribution in [3.8, 4) is 0 Å². The van der Waals surface area contributed by atoms with Crippen molar-refractivity contribution in [2.75, 3.05) is 26.3 Å². The molecule has 0 bridgehead atoms. The monoisotopic (exact) mass is 262 g/mol. The molecule has 0 fully saturated rings. The van der Waals surface area contributed by atoms with Crippen LogP contribution in [0.3, 0.4) is 0 Å². The number of nitrogens with one attached hydrogen (secondary N) is 1.